The molecule has 1 aromatic rings. The number of amides is 1. The van der Waals surface area contributed by atoms with E-state index >= 15 is 0 Å². The fraction of sp³-hybridized carbons (Fsp3) is 0.562. The maximum Gasteiger partial charge on any atom is 0.407 e. The molecule has 3 nitrogen and oxygen atoms in total. The summed E-state index contributed by atoms with van der Waals surface area (Å²) < 4.78 is 4.75. The average Bonchev–Trinajstić information content (AvgIpc) is 2.85. The van der Waals surface area contributed by atoms with E-state index in [9.17, 15) is 4.79 Å². The zero-order valence-corrected chi connectivity index (χ0v) is 11.8. The van der Waals surface area contributed by atoms with Crippen LogP contribution in [0, 0.1) is 11.8 Å². The van der Waals surface area contributed by atoms with Gasteiger partial charge in [-0.15, -0.1) is 0 Å². The lowest BCUT2D eigenvalue weighted by Gasteiger charge is -2.24. The molecule has 0 saturated heterocycles. The zero-order chi connectivity index (χ0) is 13.7. The molecule has 3 heteroatoms. The van der Waals surface area contributed by atoms with E-state index in [0.717, 1.165) is 12.3 Å². The van der Waals surface area contributed by atoms with Gasteiger partial charge in [0.25, 0.3) is 0 Å². The SMILES string of the molecule is COC(=O)NC(Cc1ccccc1)C1CCC(C)C1. The number of nitrogens with one attached hydrogen (secondary N) is 1. The van der Waals surface area contributed by atoms with Crippen molar-refractivity contribution in [2.75, 3.05) is 7.11 Å². The van der Waals surface area contributed by atoms with Gasteiger partial charge in [-0.3, -0.25) is 0 Å². The Hall–Kier alpha value is -1.51. The molecule has 0 heterocycles. The fourth-order valence-corrected chi connectivity index (χ4v) is 3.03. The second-order valence-electron chi connectivity index (χ2n) is 5.61. The van der Waals surface area contributed by atoms with E-state index in [2.05, 4.69) is 24.4 Å². The maximum atomic E-state index is 11.5. The number of hydrogen-bond acceptors (Lipinski definition) is 2. The van der Waals surface area contributed by atoms with Crippen LogP contribution in [0.5, 0.6) is 0 Å². The lowest BCUT2D eigenvalue weighted by atomic mass is 9.91. The average molecular weight is 261 g/mol. The van der Waals surface area contributed by atoms with Crippen LogP contribution in [0.4, 0.5) is 4.79 Å². The maximum absolute atomic E-state index is 11.5. The summed E-state index contributed by atoms with van der Waals surface area (Å²) in [7, 11) is 1.42. The fourth-order valence-electron chi connectivity index (χ4n) is 3.03. The molecule has 19 heavy (non-hydrogen) atoms. The van der Waals surface area contributed by atoms with Gasteiger partial charge in [-0.05, 0) is 36.7 Å². The minimum atomic E-state index is -0.319. The summed E-state index contributed by atoms with van der Waals surface area (Å²) in [6, 6.07) is 10.5. The van der Waals surface area contributed by atoms with Crippen LogP contribution in [0.3, 0.4) is 0 Å². The molecular weight excluding hydrogens is 238 g/mol. The van der Waals surface area contributed by atoms with Crippen LogP contribution in [-0.2, 0) is 11.2 Å². The molecule has 1 fully saturated rings. The summed E-state index contributed by atoms with van der Waals surface area (Å²) in [5, 5.41) is 3.02. The highest BCUT2D eigenvalue weighted by atomic mass is 16.5. The summed E-state index contributed by atoms with van der Waals surface area (Å²) in [6.45, 7) is 2.29. The summed E-state index contributed by atoms with van der Waals surface area (Å²) in [4.78, 5) is 11.5. The normalized spacial score (nSPS) is 23.9. The van der Waals surface area contributed by atoms with Crippen molar-refractivity contribution >= 4 is 6.09 Å². The Morgan fingerprint density at radius 2 is 2.11 bits per heavy atom. The third-order valence-electron chi connectivity index (χ3n) is 4.09. The van der Waals surface area contributed by atoms with Crippen LogP contribution < -0.4 is 5.32 Å². The number of carbonyl (C=O) groups is 1. The first-order valence-electron chi connectivity index (χ1n) is 7.07. The molecule has 1 amide bonds. The molecule has 1 saturated carbocycles. The third kappa shape index (κ3) is 3.98. The second-order valence-corrected chi connectivity index (χ2v) is 5.61. The van der Waals surface area contributed by atoms with E-state index in [0.29, 0.717) is 5.92 Å². The standard InChI is InChI=1S/C16H23NO2/c1-12-8-9-14(10-12)15(17-16(18)19-2)11-13-6-4-3-5-7-13/h3-7,12,14-15H,8-11H2,1-2H3,(H,17,18). The first-order valence-corrected chi connectivity index (χ1v) is 7.07. The van der Waals surface area contributed by atoms with E-state index in [1.807, 2.05) is 18.2 Å². The highest BCUT2D eigenvalue weighted by Crippen LogP contribution is 2.33. The van der Waals surface area contributed by atoms with Crippen molar-refractivity contribution in [2.24, 2.45) is 11.8 Å². The van der Waals surface area contributed by atoms with Gasteiger partial charge in [-0.25, -0.2) is 4.79 Å². The van der Waals surface area contributed by atoms with Gasteiger partial charge in [-0.2, -0.15) is 0 Å². The molecule has 1 aliphatic rings. The predicted molar refractivity (Wildman–Crippen MR) is 76.0 cm³/mol. The number of benzene rings is 1. The van der Waals surface area contributed by atoms with Crippen LogP contribution in [0.2, 0.25) is 0 Å². The summed E-state index contributed by atoms with van der Waals surface area (Å²) in [6.07, 6.45) is 4.22. The molecule has 104 valence electrons. The van der Waals surface area contributed by atoms with E-state index < -0.39 is 0 Å². The van der Waals surface area contributed by atoms with Crippen molar-refractivity contribution in [3.63, 3.8) is 0 Å². The molecule has 2 rings (SSSR count). The Bertz CT molecular complexity index is 404. The topological polar surface area (TPSA) is 38.3 Å². The summed E-state index contributed by atoms with van der Waals surface area (Å²) in [5.41, 5.74) is 1.27. The van der Waals surface area contributed by atoms with Crippen molar-refractivity contribution < 1.29 is 9.53 Å². The zero-order valence-electron chi connectivity index (χ0n) is 11.8. The van der Waals surface area contributed by atoms with Gasteiger partial charge in [0.2, 0.25) is 0 Å². The first kappa shape index (κ1) is 13.9. The summed E-state index contributed by atoms with van der Waals surface area (Å²) >= 11 is 0. The van der Waals surface area contributed by atoms with Crippen molar-refractivity contribution in [2.45, 2.75) is 38.6 Å². The van der Waals surface area contributed by atoms with Gasteiger partial charge >= 0.3 is 6.09 Å². The molecule has 1 aromatic carbocycles. The second kappa shape index (κ2) is 6.60. The largest absolute Gasteiger partial charge is 0.453 e. The summed E-state index contributed by atoms with van der Waals surface area (Å²) in [5.74, 6) is 1.33. The Balaban J connectivity index is 2.03. The molecule has 0 radical (unpaired) electrons. The highest BCUT2D eigenvalue weighted by molar-refractivity contribution is 5.67. The number of rotatable bonds is 4. The quantitative estimate of drug-likeness (QED) is 0.902. The van der Waals surface area contributed by atoms with E-state index in [4.69, 9.17) is 4.74 Å². The van der Waals surface area contributed by atoms with Gasteiger partial charge in [0.15, 0.2) is 0 Å². The molecule has 0 aliphatic heterocycles. The number of alkyl carbamates (subject to hydrolysis) is 1. The minimum absolute atomic E-state index is 0.180. The Morgan fingerprint density at radius 3 is 2.68 bits per heavy atom. The van der Waals surface area contributed by atoms with Crippen LogP contribution in [0.1, 0.15) is 31.7 Å². The molecule has 0 spiro atoms. The molecule has 3 atom stereocenters. The van der Waals surface area contributed by atoms with Crippen LogP contribution in [0.25, 0.3) is 0 Å². The molecule has 0 aromatic heterocycles. The lowest BCUT2D eigenvalue weighted by Crippen LogP contribution is -2.41. The van der Waals surface area contributed by atoms with Crippen molar-refractivity contribution in [1.82, 2.24) is 5.32 Å². The van der Waals surface area contributed by atoms with E-state index in [-0.39, 0.29) is 12.1 Å². The van der Waals surface area contributed by atoms with Gasteiger partial charge in [0, 0.05) is 6.04 Å². The first-order chi connectivity index (χ1) is 9.19. The molecule has 1 N–H and O–H groups in total. The smallest absolute Gasteiger partial charge is 0.407 e. The van der Waals surface area contributed by atoms with Gasteiger partial charge < -0.3 is 10.1 Å². The van der Waals surface area contributed by atoms with E-state index in [1.54, 1.807) is 0 Å². The number of ether oxygens (including phenoxy) is 1. The van der Waals surface area contributed by atoms with Crippen molar-refractivity contribution in [3.8, 4) is 0 Å². The Kier molecular flexibility index (Phi) is 4.83. The van der Waals surface area contributed by atoms with Gasteiger partial charge in [-0.1, -0.05) is 43.7 Å². The molecule has 1 aliphatic carbocycles. The number of methoxy groups -OCH3 is 1. The predicted octanol–water partition coefficient (Wildman–Crippen LogP) is 3.39. The third-order valence-corrected chi connectivity index (χ3v) is 4.09. The van der Waals surface area contributed by atoms with Crippen molar-refractivity contribution in [1.29, 1.82) is 0 Å². The number of carbonyl (C=O) groups excluding carboxylic acids is 1. The number of hydrogen-bond donors (Lipinski definition) is 1. The van der Waals surface area contributed by atoms with Gasteiger partial charge in [0.1, 0.15) is 0 Å². The van der Waals surface area contributed by atoms with Crippen molar-refractivity contribution in [3.05, 3.63) is 35.9 Å². The van der Waals surface area contributed by atoms with Crippen LogP contribution in [-0.4, -0.2) is 19.2 Å². The van der Waals surface area contributed by atoms with E-state index in [1.165, 1.54) is 31.9 Å². The Morgan fingerprint density at radius 1 is 1.37 bits per heavy atom. The Labute approximate surface area is 115 Å². The van der Waals surface area contributed by atoms with Crippen LogP contribution in [0.15, 0.2) is 30.3 Å². The minimum Gasteiger partial charge on any atom is -0.453 e. The lowest BCUT2D eigenvalue weighted by molar-refractivity contribution is 0.161. The molecule has 3 unspecified atom stereocenters. The molecular formula is C16H23NO2. The van der Waals surface area contributed by atoms with Crippen LogP contribution >= 0.6 is 0 Å². The van der Waals surface area contributed by atoms with Gasteiger partial charge in [0.05, 0.1) is 7.11 Å². The molecule has 0 bridgehead atoms. The monoisotopic (exact) mass is 261 g/mol. The highest BCUT2D eigenvalue weighted by Gasteiger charge is 2.30.